The molecule has 0 aliphatic heterocycles. The molecule has 7 aromatic carbocycles. The van der Waals surface area contributed by atoms with E-state index in [1.165, 1.54) is 40.3 Å². The van der Waals surface area contributed by atoms with Gasteiger partial charge in [-0.1, -0.05) is 109 Å². The van der Waals surface area contributed by atoms with Gasteiger partial charge in [-0.25, -0.2) is 15.0 Å². The normalized spacial score (nSPS) is 11.6. The molecule has 10 rings (SSSR count). The first-order valence-electron chi connectivity index (χ1n) is 16.6. The molecule has 0 fully saturated rings. The molecule has 0 N–H and O–H groups in total. The van der Waals surface area contributed by atoms with E-state index >= 15 is 0 Å². The molecule has 234 valence electrons. The van der Waals surface area contributed by atoms with Crippen LogP contribution in [0.5, 0.6) is 0 Å². The van der Waals surface area contributed by atoms with Gasteiger partial charge in [-0.15, -0.1) is 22.7 Å². The third kappa shape index (κ3) is 4.98. The molecule has 0 atom stereocenters. The fraction of sp³-hybridized carbons (Fsp3) is 0. The largest absolute Gasteiger partial charge is 0.208 e. The Morgan fingerprint density at radius 2 is 0.820 bits per heavy atom. The molecule has 0 spiro atoms. The maximum absolute atomic E-state index is 5.29. The first kappa shape index (κ1) is 29.0. The zero-order valence-corrected chi connectivity index (χ0v) is 28.4. The molecule has 3 heterocycles. The molecule has 0 aliphatic carbocycles. The summed E-state index contributed by atoms with van der Waals surface area (Å²) in [6, 6.07) is 58.0. The van der Waals surface area contributed by atoms with Crippen LogP contribution in [0.2, 0.25) is 0 Å². The Bertz CT molecular complexity index is 2810. The molecule has 0 bridgehead atoms. The van der Waals surface area contributed by atoms with Crippen LogP contribution < -0.4 is 0 Å². The van der Waals surface area contributed by atoms with E-state index in [4.69, 9.17) is 15.0 Å². The highest BCUT2D eigenvalue weighted by Crippen LogP contribution is 2.41. The molecule has 0 unspecified atom stereocenters. The van der Waals surface area contributed by atoms with Crippen molar-refractivity contribution in [3.05, 3.63) is 164 Å². The van der Waals surface area contributed by atoms with Crippen molar-refractivity contribution in [1.29, 1.82) is 0 Å². The van der Waals surface area contributed by atoms with E-state index in [0.717, 1.165) is 38.9 Å². The van der Waals surface area contributed by atoms with Crippen molar-refractivity contribution in [2.75, 3.05) is 0 Å². The van der Waals surface area contributed by atoms with Crippen molar-refractivity contribution in [2.24, 2.45) is 0 Å². The Labute approximate surface area is 296 Å². The smallest absolute Gasteiger partial charge is 0.164 e. The number of nitrogens with zero attached hydrogens (tertiary/aromatic N) is 3. The second-order valence-electron chi connectivity index (χ2n) is 12.4. The Morgan fingerprint density at radius 3 is 1.54 bits per heavy atom. The lowest BCUT2D eigenvalue weighted by molar-refractivity contribution is 1.08. The van der Waals surface area contributed by atoms with Crippen LogP contribution in [0.1, 0.15) is 0 Å². The predicted molar refractivity (Wildman–Crippen MR) is 213 cm³/mol. The third-order valence-electron chi connectivity index (χ3n) is 9.32. The number of aromatic nitrogens is 3. The van der Waals surface area contributed by atoms with Gasteiger partial charge in [0.15, 0.2) is 17.5 Å². The van der Waals surface area contributed by atoms with Gasteiger partial charge in [-0.3, -0.25) is 0 Å². The van der Waals surface area contributed by atoms with Gasteiger partial charge in [0.1, 0.15) is 0 Å². The molecule has 10 aromatic rings. The van der Waals surface area contributed by atoms with Crippen LogP contribution in [0.3, 0.4) is 0 Å². The second-order valence-corrected chi connectivity index (χ2v) is 14.6. The summed E-state index contributed by atoms with van der Waals surface area (Å²) in [5.74, 6) is 1.97. The minimum Gasteiger partial charge on any atom is -0.208 e. The van der Waals surface area contributed by atoms with Gasteiger partial charge in [0.25, 0.3) is 0 Å². The van der Waals surface area contributed by atoms with Gasteiger partial charge >= 0.3 is 0 Å². The Morgan fingerprint density at radius 1 is 0.300 bits per heavy atom. The van der Waals surface area contributed by atoms with E-state index in [-0.39, 0.29) is 0 Å². The standard InChI is InChI=1S/C45H27N3S2/c1-3-12-28(13-4-1)31-24-32(29-14-5-2-6-15-29)26-33(25-31)44-46-43(30-22-23-40-37(27-30)34-16-7-9-19-38(34)49-40)47-45(48-44)36-18-11-21-41-42(36)35-17-8-10-20-39(35)50-41/h1-27H. The van der Waals surface area contributed by atoms with Crippen LogP contribution in [-0.4, -0.2) is 15.0 Å². The molecular weight excluding hydrogens is 647 g/mol. The molecule has 0 saturated carbocycles. The Kier molecular flexibility index (Phi) is 6.86. The lowest BCUT2D eigenvalue weighted by Gasteiger charge is -2.13. The average Bonchev–Trinajstić information content (AvgIpc) is 3.76. The SMILES string of the molecule is c1ccc(-c2cc(-c3ccccc3)cc(-c3nc(-c4ccc5sc6ccccc6c5c4)nc(-c4cccc5sc6ccccc6c45)n3)c2)cc1. The topological polar surface area (TPSA) is 38.7 Å². The maximum atomic E-state index is 5.29. The van der Waals surface area contributed by atoms with E-state index in [2.05, 4.69) is 164 Å². The Hall–Kier alpha value is -6.01. The summed E-state index contributed by atoms with van der Waals surface area (Å²) in [6.07, 6.45) is 0. The molecular formula is C45H27N3S2. The van der Waals surface area contributed by atoms with E-state index in [1.54, 1.807) is 11.3 Å². The summed E-state index contributed by atoms with van der Waals surface area (Å²) in [6.45, 7) is 0. The Balaban J connectivity index is 1.25. The van der Waals surface area contributed by atoms with Crippen LogP contribution in [0.4, 0.5) is 0 Å². The van der Waals surface area contributed by atoms with Crippen LogP contribution in [0.25, 0.3) is 96.8 Å². The van der Waals surface area contributed by atoms with Crippen LogP contribution in [-0.2, 0) is 0 Å². The van der Waals surface area contributed by atoms with Crippen molar-refractivity contribution in [3.63, 3.8) is 0 Å². The highest BCUT2D eigenvalue weighted by molar-refractivity contribution is 7.26. The summed E-state index contributed by atoms with van der Waals surface area (Å²) in [5.41, 5.74) is 7.44. The number of fused-ring (bicyclic) bond motifs is 6. The number of hydrogen-bond donors (Lipinski definition) is 0. The van der Waals surface area contributed by atoms with Crippen LogP contribution in [0.15, 0.2) is 164 Å². The fourth-order valence-corrected chi connectivity index (χ4v) is 9.15. The van der Waals surface area contributed by atoms with E-state index < -0.39 is 0 Å². The summed E-state index contributed by atoms with van der Waals surface area (Å²) in [7, 11) is 0. The minimum atomic E-state index is 0.645. The summed E-state index contributed by atoms with van der Waals surface area (Å²) >= 11 is 3.62. The fourth-order valence-electron chi connectivity index (χ4n) is 6.93. The maximum Gasteiger partial charge on any atom is 0.164 e. The molecule has 0 amide bonds. The first-order valence-corrected chi connectivity index (χ1v) is 18.2. The molecule has 5 heteroatoms. The minimum absolute atomic E-state index is 0.645. The zero-order chi connectivity index (χ0) is 33.0. The number of rotatable bonds is 5. The van der Waals surface area contributed by atoms with Gasteiger partial charge in [0.05, 0.1) is 0 Å². The summed E-state index contributed by atoms with van der Waals surface area (Å²) in [4.78, 5) is 15.8. The number of hydrogen-bond acceptors (Lipinski definition) is 5. The van der Waals surface area contributed by atoms with Crippen molar-refractivity contribution in [2.45, 2.75) is 0 Å². The van der Waals surface area contributed by atoms with E-state index in [9.17, 15) is 0 Å². The summed E-state index contributed by atoms with van der Waals surface area (Å²) < 4.78 is 5.00. The lowest BCUT2D eigenvalue weighted by atomic mass is 9.96. The third-order valence-corrected chi connectivity index (χ3v) is 11.6. The lowest BCUT2D eigenvalue weighted by Crippen LogP contribution is -2.01. The molecule has 50 heavy (non-hydrogen) atoms. The molecule has 0 saturated heterocycles. The molecule has 0 radical (unpaired) electrons. The van der Waals surface area contributed by atoms with Crippen molar-refractivity contribution < 1.29 is 0 Å². The molecule has 3 nitrogen and oxygen atoms in total. The van der Waals surface area contributed by atoms with Crippen molar-refractivity contribution >= 4 is 63.0 Å². The second kappa shape index (κ2) is 11.8. The zero-order valence-electron chi connectivity index (χ0n) is 26.7. The molecule has 0 aliphatic rings. The van der Waals surface area contributed by atoms with E-state index in [0.29, 0.717) is 17.5 Å². The highest BCUT2D eigenvalue weighted by Gasteiger charge is 2.19. The number of thiophene rings is 2. The van der Waals surface area contributed by atoms with E-state index in [1.807, 2.05) is 11.3 Å². The van der Waals surface area contributed by atoms with Gasteiger partial charge in [-0.05, 0) is 76.9 Å². The first-order chi connectivity index (χ1) is 24.7. The number of benzene rings is 7. The van der Waals surface area contributed by atoms with Crippen LogP contribution >= 0.6 is 22.7 Å². The summed E-state index contributed by atoms with van der Waals surface area (Å²) in [5, 5.41) is 4.87. The van der Waals surface area contributed by atoms with Crippen LogP contribution in [0, 0.1) is 0 Å². The predicted octanol–water partition coefficient (Wildman–Crippen LogP) is 12.9. The van der Waals surface area contributed by atoms with Gasteiger partial charge in [0, 0.05) is 57.0 Å². The monoisotopic (exact) mass is 673 g/mol. The van der Waals surface area contributed by atoms with Crippen molar-refractivity contribution in [3.8, 4) is 56.4 Å². The molecule has 3 aromatic heterocycles. The average molecular weight is 674 g/mol. The van der Waals surface area contributed by atoms with Gasteiger partial charge < -0.3 is 0 Å². The van der Waals surface area contributed by atoms with Gasteiger partial charge in [-0.2, -0.15) is 0 Å². The quantitative estimate of drug-likeness (QED) is 0.182. The van der Waals surface area contributed by atoms with Gasteiger partial charge in [0.2, 0.25) is 0 Å². The van der Waals surface area contributed by atoms with Crippen molar-refractivity contribution in [1.82, 2.24) is 15.0 Å². The highest BCUT2D eigenvalue weighted by atomic mass is 32.1.